The van der Waals surface area contributed by atoms with Crippen LogP contribution in [0.2, 0.25) is 0 Å². The van der Waals surface area contributed by atoms with E-state index in [0.29, 0.717) is 12.1 Å². The summed E-state index contributed by atoms with van der Waals surface area (Å²) in [7, 11) is 1.84. The first-order chi connectivity index (χ1) is 8.20. The molecule has 1 N–H and O–H groups in total. The fraction of sp³-hybridized carbons (Fsp3) is 0.250. The number of nitrogens with one attached hydrogen (secondary N) is 1. The normalized spacial score (nSPS) is 10.2. The van der Waals surface area contributed by atoms with Gasteiger partial charge in [-0.3, -0.25) is 14.5 Å². The SMILES string of the molecule is CCNC(=O)c1ccnc(-c2cnn(C)c2)c1. The van der Waals surface area contributed by atoms with E-state index < -0.39 is 0 Å². The number of hydrogen-bond acceptors (Lipinski definition) is 3. The van der Waals surface area contributed by atoms with E-state index in [9.17, 15) is 4.79 Å². The largest absolute Gasteiger partial charge is 0.352 e. The maximum Gasteiger partial charge on any atom is 0.251 e. The van der Waals surface area contributed by atoms with Gasteiger partial charge in [0.1, 0.15) is 0 Å². The molecule has 5 heteroatoms. The fourth-order valence-electron chi connectivity index (χ4n) is 1.55. The predicted octanol–water partition coefficient (Wildman–Crippen LogP) is 1.23. The zero-order valence-corrected chi connectivity index (χ0v) is 9.84. The molecular formula is C12H14N4O. The zero-order valence-electron chi connectivity index (χ0n) is 9.84. The molecule has 0 fully saturated rings. The van der Waals surface area contributed by atoms with Gasteiger partial charge in [0.15, 0.2) is 0 Å². The van der Waals surface area contributed by atoms with Crippen molar-refractivity contribution in [2.24, 2.45) is 7.05 Å². The third-order valence-electron chi connectivity index (χ3n) is 2.36. The third-order valence-corrected chi connectivity index (χ3v) is 2.36. The molecule has 0 aromatic carbocycles. The number of carbonyl (C=O) groups excluding carboxylic acids is 1. The lowest BCUT2D eigenvalue weighted by atomic mass is 10.1. The van der Waals surface area contributed by atoms with Gasteiger partial charge in [-0.2, -0.15) is 5.10 Å². The summed E-state index contributed by atoms with van der Waals surface area (Å²) in [6, 6.07) is 3.47. The van der Waals surface area contributed by atoms with Gasteiger partial charge in [0, 0.05) is 37.1 Å². The molecule has 0 aliphatic carbocycles. The Hall–Kier alpha value is -2.17. The highest BCUT2D eigenvalue weighted by atomic mass is 16.1. The lowest BCUT2D eigenvalue weighted by Gasteiger charge is -2.03. The van der Waals surface area contributed by atoms with Gasteiger partial charge in [-0.1, -0.05) is 0 Å². The van der Waals surface area contributed by atoms with Crippen molar-refractivity contribution >= 4 is 5.91 Å². The zero-order chi connectivity index (χ0) is 12.3. The van der Waals surface area contributed by atoms with Crippen LogP contribution in [-0.2, 0) is 7.05 Å². The summed E-state index contributed by atoms with van der Waals surface area (Å²) < 4.78 is 1.70. The summed E-state index contributed by atoms with van der Waals surface area (Å²) in [5, 5.41) is 6.84. The van der Waals surface area contributed by atoms with E-state index in [2.05, 4.69) is 15.4 Å². The topological polar surface area (TPSA) is 59.8 Å². The Labute approximate surface area is 99.5 Å². The summed E-state index contributed by atoms with van der Waals surface area (Å²) in [5.41, 5.74) is 2.27. The Morgan fingerprint density at radius 1 is 1.53 bits per heavy atom. The van der Waals surface area contributed by atoms with E-state index in [1.54, 1.807) is 29.2 Å². The second kappa shape index (κ2) is 4.78. The molecule has 2 aromatic heterocycles. The summed E-state index contributed by atoms with van der Waals surface area (Å²) in [6.45, 7) is 2.50. The number of amides is 1. The maximum absolute atomic E-state index is 11.7. The number of hydrogen-bond donors (Lipinski definition) is 1. The van der Waals surface area contributed by atoms with E-state index in [0.717, 1.165) is 11.3 Å². The Morgan fingerprint density at radius 2 is 2.35 bits per heavy atom. The lowest BCUT2D eigenvalue weighted by molar-refractivity contribution is 0.0956. The minimum atomic E-state index is -0.0833. The molecule has 1 amide bonds. The van der Waals surface area contributed by atoms with Crippen LogP contribution in [0, 0.1) is 0 Å². The van der Waals surface area contributed by atoms with Gasteiger partial charge in [-0.15, -0.1) is 0 Å². The Kier molecular flexibility index (Phi) is 3.18. The van der Waals surface area contributed by atoms with Crippen molar-refractivity contribution in [3.63, 3.8) is 0 Å². The van der Waals surface area contributed by atoms with Crippen molar-refractivity contribution in [1.82, 2.24) is 20.1 Å². The molecule has 0 aliphatic heterocycles. The van der Waals surface area contributed by atoms with Crippen molar-refractivity contribution in [3.05, 3.63) is 36.3 Å². The highest BCUT2D eigenvalue weighted by Crippen LogP contribution is 2.16. The number of carbonyl (C=O) groups is 1. The smallest absolute Gasteiger partial charge is 0.251 e. The molecule has 0 spiro atoms. The van der Waals surface area contributed by atoms with E-state index in [1.165, 1.54) is 0 Å². The molecule has 0 bridgehead atoms. The first kappa shape index (κ1) is 11.3. The molecule has 5 nitrogen and oxygen atoms in total. The minimum absolute atomic E-state index is 0.0833. The van der Waals surface area contributed by atoms with Crippen molar-refractivity contribution in [3.8, 4) is 11.3 Å². The lowest BCUT2D eigenvalue weighted by Crippen LogP contribution is -2.22. The van der Waals surface area contributed by atoms with Gasteiger partial charge in [0.25, 0.3) is 5.91 Å². The molecule has 2 heterocycles. The van der Waals surface area contributed by atoms with E-state index in [4.69, 9.17) is 0 Å². The minimum Gasteiger partial charge on any atom is -0.352 e. The van der Waals surface area contributed by atoms with Crippen LogP contribution < -0.4 is 5.32 Å². The highest BCUT2D eigenvalue weighted by Gasteiger charge is 2.07. The quantitative estimate of drug-likeness (QED) is 0.862. The monoisotopic (exact) mass is 230 g/mol. The van der Waals surface area contributed by atoms with Crippen molar-refractivity contribution in [1.29, 1.82) is 0 Å². The third kappa shape index (κ3) is 2.50. The molecular weight excluding hydrogens is 216 g/mol. The molecule has 0 radical (unpaired) electrons. The summed E-state index contributed by atoms with van der Waals surface area (Å²) in [4.78, 5) is 15.9. The Morgan fingerprint density at radius 3 is 3.00 bits per heavy atom. The second-order valence-electron chi connectivity index (χ2n) is 3.69. The van der Waals surface area contributed by atoms with Crippen LogP contribution in [0.4, 0.5) is 0 Å². The highest BCUT2D eigenvalue weighted by molar-refractivity contribution is 5.94. The molecule has 0 saturated carbocycles. The summed E-state index contributed by atoms with van der Waals surface area (Å²) >= 11 is 0. The number of pyridine rings is 1. The number of aryl methyl sites for hydroxylation is 1. The molecule has 0 unspecified atom stereocenters. The molecule has 0 saturated heterocycles. The van der Waals surface area contributed by atoms with Gasteiger partial charge in [-0.05, 0) is 19.1 Å². The van der Waals surface area contributed by atoms with E-state index in [-0.39, 0.29) is 5.91 Å². The van der Waals surface area contributed by atoms with Crippen LogP contribution in [0.1, 0.15) is 17.3 Å². The molecule has 2 rings (SSSR count). The molecule has 2 aromatic rings. The average Bonchev–Trinajstić information content (AvgIpc) is 2.76. The van der Waals surface area contributed by atoms with E-state index in [1.807, 2.05) is 20.2 Å². The Bertz CT molecular complexity index is 533. The van der Waals surface area contributed by atoms with Gasteiger partial charge in [0.05, 0.1) is 11.9 Å². The average molecular weight is 230 g/mol. The molecule has 0 atom stereocenters. The first-order valence-corrected chi connectivity index (χ1v) is 5.44. The summed E-state index contributed by atoms with van der Waals surface area (Å²) in [5.74, 6) is -0.0833. The van der Waals surface area contributed by atoms with Crippen LogP contribution in [0.3, 0.4) is 0 Å². The number of aromatic nitrogens is 3. The molecule has 0 aliphatic rings. The number of nitrogens with zero attached hydrogens (tertiary/aromatic N) is 3. The van der Waals surface area contributed by atoms with Gasteiger partial charge < -0.3 is 5.32 Å². The van der Waals surface area contributed by atoms with Crippen LogP contribution in [-0.4, -0.2) is 27.2 Å². The first-order valence-electron chi connectivity index (χ1n) is 5.44. The molecule has 88 valence electrons. The van der Waals surface area contributed by atoms with Gasteiger partial charge in [0.2, 0.25) is 0 Å². The van der Waals surface area contributed by atoms with E-state index >= 15 is 0 Å². The number of rotatable bonds is 3. The Balaban J connectivity index is 2.31. The van der Waals surface area contributed by atoms with Crippen LogP contribution >= 0.6 is 0 Å². The van der Waals surface area contributed by atoms with Crippen molar-refractivity contribution in [2.45, 2.75) is 6.92 Å². The van der Waals surface area contributed by atoms with Crippen LogP contribution in [0.25, 0.3) is 11.3 Å². The maximum atomic E-state index is 11.7. The molecule has 17 heavy (non-hydrogen) atoms. The van der Waals surface area contributed by atoms with Crippen LogP contribution in [0.15, 0.2) is 30.7 Å². The van der Waals surface area contributed by atoms with Gasteiger partial charge >= 0.3 is 0 Å². The summed E-state index contributed by atoms with van der Waals surface area (Å²) in [6.07, 6.45) is 5.22. The van der Waals surface area contributed by atoms with Gasteiger partial charge in [-0.25, -0.2) is 0 Å². The standard InChI is InChI=1S/C12H14N4O/c1-3-13-12(17)9-4-5-14-11(6-9)10-7-15-16(2)8-10/h4-8H,3H2,1-2H3,(H,13,17). The predicted molar refractivity (Wildman–Crippen MR) is 64.4 cm³/mol. The van der Waals surface area contributed by atoms with Crippen LogP contribution in [0.5, 0.6) is 0 Å². The second-order valence-corrected chi connectivity index (χ2v) is 3.69. The fourth-order valence-corrected chi connectivity index (χ4v) is 1.55. The van der Waals surface area contributed by atoms with Crippen molar-refractivity contribution in [2.75, 3.05) is 6.54 Å². The van der Waals surface area contributed by atoms with Crippen molar-refractivity contribution < 1.29 is 4.79 Å².